The second-order valence-corrected chi connectivity index (χ2v) is 35.1. The van der Waals surface area contributed by atoms with Crippen LogP contribution in [0.4, 0.5) is 0 Å². The van der Waals surface area contributed by atoms with Crippen LogP contribution >= 0.6 is 0 Å². The number of aromatic amines is 11. The standard InChI is InChI=1S/C24H25N7O.C23H23N7O.C21H18N6O2.C21H16N6O2.C19H16N6O/c1-14(2)26-10-15-7-17(11-25-9-15)18-8-19-22(30-31-23(19)27-12-18)24-28-20-6-4-5-16(13-32-3)21(20)29-24;1-3-24-9-14-7-16(11-25-10-14)17-8-18-21(29-30-22(18)26-12-17)23-27-19-6-4-5-15(13-31-2)20(19)28-23;2*1-29-11-13-3-2-4-17-18(13)25-21(24-17)19-16-6-15(9-23-20(16)27-26-19)14-5-12(10-28)7-22-8-14;1-26-10-12-3-2-4-15-16(12)23-19(22-15)17-14-7-13(11-5-6-20-8-11)9-21-18(14)25-24-17/h4-9,11-12,14,26H,10,13H2,1-3H3,(H,28,29)(H,27,30,31);4-8,10-12,24H,3,9,13H2,1-2H3,(H,27,28)(H,26,29,30);2-9,28H,10-11H2,1H3,(H,24,25)(H,23,26,27);2-10H,11H2,1H3,(H,24,25)(H,23,26,27);2-9,20H,10H2,1H3,(H,22,23)(H,21,24,25). The van der Waals surface area contributed by atoms with Gasteiger partial charge in [0, 0.05) is 237 Å². The van der Waals surface area contributed by atoms with E-state index in [0.29, 0.717) is 84.5 Å². The zero-order valence-corrected chi connectivity index (χ0v) is 81.0. The normalized spacial score (nSPS) is 11.6. The van der Waals surface area contributed by atoms with Gasteiger partial charge in [0.15, 0.2) is 63.6 Å². The number of methoxy groups -OCH3 is 5. The summed E-state index contributed by atoms with van der Waals surface area (Å²) in [6.07, 6.45) is 27.7. The third kappa shape index (κ3) is 20.1. The number of aromatic nitrogens is 30. The van der Waals surface area contributed by atoms with E-state index in [1.807, 2.05) is 171 Å². The molecule has 20 heterocycles. The van der Waals surface area contributed by atoms with Crippen LogP contribution in [-0.4, -0.2) is 210 Å². The molecule has 0 aliphatic rings. The number of aliphatic hydroxyl groups excluding tert-OH is 1. The first-order valence-electron chi connectivity index (χ1n) is 47.2. The summed E-state index contributed by atoms with van der Waals surface area (Å²) in [5.74, 6) is 3.54. The maximum Gasteiger partial charge on any atom is 0.181 e. The Kier molecular flexibility index (Phi) is 27.7. The number of pyridine rings is 9. The zero-order valence-electron chi connectivity index (χ0n) is 81.0. The van der Waals surface area contributed by atoms with Crippen LogP contribution in [0.25, 0.3) is 224 Å². The zero-order chi connectivity index (χ0) is 100. The van der Waals surface area contributed by atoms with E-state index in [4.69, 9.17) is 48.6 Å². The molecule has 0 saturated heterocycles. The van der Waals surface area contributed by atoms with Crippen molar-refractivity contribution in [3.8, 4) is 113 Å². The molecule has 5 aromatic carbocycles. The van der Waals surface area contributed by atoms with Gasteiger partial charge in [-0.05, 0) is 114 Å². The fourth-order valence-corrected chi connectivity index (χ4v) is 17.6. The summed E-state index contributed by atoms with van der Waals surface area (Å²) in [5, 5.41) is 57.6. The van der Waals surface area contributed by atoms with Gasteiger partial charge in [0.1, 0.15) is 28.5 Å². The predicted molar refractivity (Wildman–Crippen MR) is 562 cm³/mol. The van der Waals surface area contributed by atoms with Gasteiger partial charge in [0.25, 0.3) is 0 Å². The molecule has 0 amide bonds. The van der Waals surface area contributed by atoms with E-state index >= 15 is 0 Å². The lowest BCUT2D eigenvalue weighted by Gasteiger charge is -2.09. The lowest BCUT2D eigenvalue weighted by molar-refractivity contribution is 0.112. The number of rotatable bonds is 28. The average molecular weight is 1960 g/mol. The number of benzene rings is 5. The molecule has 39 heteroatoms. The minimum atomic E-state index is -0.0593. The first kappa shape index (κ1) is 95.0. The number of para-hydroxylation sites is 5. The van der Waals surface area contributed by atoms with Gasteiger partial charge >= 0.3 is 0 Å². The predicted octanol–water partition coefficient (Wildman–Crippen LogP) is 18.4. The monoisotopic (exact) mass is 1950 g/mol. The Balaban J connectivity index is 0.000000108. The molecule has 20 aromatic heterocycles. The Bertz CT molecular complexity index is 9010. The third-order valence-corrected chi connectivity index (χ3v) is 24.7. The molecule has 14 N–H and O–H groups in total. The van der Waals surface area contributed by atoms with Gasteiger partial charge in [-0.3, -0.25) is 50.2 Å². The maximum atomic E-state index is 11.1. The van der Waals surface area contributed by atoms with Gasteiger partial charge in [-0.1, -0.05) is 81.4 Å². The summed E-state index contributed by atoms with van der Waals surface area (Å²) < 4.78 is 26.5. The number of nitrogens with one attached hydrogen (secondary N) is 13. The molecule has 0 unspecified atom stereocenters. The van der Waals surface area contributed by atoms with Crippen molar-refractivity contribution in [3.63, 3.8) is 0 Å². The van der Waals surface area contributed by atoms with E-state index in [9.17, 15) is 9.90 Å². The number of carbonyl (C=O) groups is 1. The molecule has 39 nitrogen and oxygen atoms in total. The number of aldehydes is 1. The SMILES string of the molecule is CCNCc1cncc(-c2cnc3n[nH]c(-c4nc5c(COC)cccc5[nH]4)c3c2)c1.COCc1cccc2[nH]c(-c3[nH]nc4ncc(-c5cc[nH]c5)cc34)nc12.COCc1cccc2[nH]c(-c3[nH]nc4ncc(-c5cncc(C=O)c5)cc34)nc12.COCc1cccc2[nH]c(-c3[nH]nc4ncc(-c5cncc(CNC(C)C)c5)cc34)nc12.COCc1cccc2[nH]c(-c3[nH]nc4ncc(-c5cncc(CO)c5)cc34)nc12. The van der Waals surface area contributed by atoms with Crippen LogP contribution in [0.1, 0.15) is 75.6 Å². The fourth-order valence-electron chi connectivity index (χ4n) is 17.6. The topological polar surface area (TPSA) is 526 Å². The van der Waals surface area contributed by atoms with Crippen molar-refractivity contribution in [2.45, 2.75) is 79.5 Å². The fraction of sp³-hybridized carbons (Fsp3) is 0.167. The van der Waals surface area contributed by atoms with Crippen LogP contribution < -0.4 is 10.6 Å². The van der Waals surface area contributed by atoms with Crippen LogP contribution in [0, 0.1) is 0 Å². The Morgan fingerprint density at radius 1 is 0.333 bits per heavy atom. The summed E-state index contributed by atoms with van der Waals surface area (Å²) in [4.78, 5) is 94.6. The molecule has 25 aromatic rings. The molecule has 0 aliphatic heterocycles. The first-order valence-corrected chi connectivity index (χ1v) is 47.2. The van der Waals surface area contributed by atoms with Gasteiger partial charge in [-0.15, -0.1) is 0 Å². The molecular formula is C108H98N32O7. The quantitative estimate of drug-likeness (QED) is 0.0203. The number of carbonyl (C=O) groups excluding carboxylic acids is 1. The minimum Gasteiger partial charge on any atom is -0.392 e. The van der Waals surface area contributed by atoms with Crippen molar-refractivity contribution in [1.29, 1.82) is 0 Å². The van der Waals surface area contributed by atoms with Crippen LogP contribution in [0.2, 0.25) is 0 Å². The highest BCUT2D eigenvalue weighted by Gasteiger charge is 2.24. The smallest absolute Gasteiger partial charge is 0.181 e. The number of hydrogen-bond donors (Lipinski definition) is 14. The minimum absolute atomic E-state index is 0.0593. The van der Waals surface area contributed by atoms with Crippen LogP contribution in [0.5, 0.6) is 0 Å². The van der Waals surface area contributed by atoms with E-state index in [2.05, 4.69) is 187 Å². The number of fused-ring (bicyclic) bond motifs is 10. The largest absolute Gasteiger partial charge is 0.392 e. The molecule has 0 bridgehead atoms. The summed E-state index contributed by atoms with van der Waals surface area (Å²) in [5.41, 5.74) is 34.4. The second-order valence-electron chi connectivity index (χ2n) is 35.1. The first-order chi connectivity index (χ1) is 72.2. The number of nitrogens with zero attached hydrogens (tertiary/aromatic N) is 19. The number of imidazole rings is 5. The highest BCUT2D eigenvalue weighted by molar-refractivity contribution is 6.00. The summed E-state index contributed by atoms with van der Waals surface area (Å²) in [7, 11) is 8.39. The molecule has 0 radical (unpaired) electrons. The Morgan fingerprint density at radius 3 is 0.905 bits per heavy atom. The van der Waals surface area contributed by atoms with Gasteiger partial charge in [0.2, 0.25) is 0 Å². The Labute approximate surface area is 836 Å². The highest BCUT2D eigenvalue weighted by atomic mass is 16.5. The molecule has 147 heavy (non-hydrogen) atoms. The molecule has 25 rings (SSSR count). The van der Waals surface area contributed by atoms with E-state index in [-0.39, 0.29) is 6.61 Å². The molecule has 0 spiro atoms. The lowest BCUT2D eigenvalue weighted by Crippen LogP contribution is -2.21. The van der Waals surface area contributed by atoms with Crippen molar-refractivity contribution >= 4 is 117 Å². The lowest BCUT2D eigenvalue weighted by atomic mass is 10.1. The van der Waals surface area contributed by atoms with Crippen molar-refractivity contribution in [3.05, 3.63) is 295 Å². The number of ether oxygens (including phenoxy) is 5. The van der Waals surface area contributed by atoms with Crippen molar-refractivity contribution in [2.75, 3.05) is 42.1 Å². The Hall–Kier alpha value is -18.2. The summed E-state index contributed by atoms with van der Waals surface area (Å²) >= 11 is 0. The molecule has 732 valence electrons. The van der Waals surface area contributed by atoms with Crippen LogP contribution in [0.3, 0.4) is 0 Å². The summed E-state index contributed by atoms with van der Waals surface area (Å²) in [6.45, 7) is 11.3. The van der Waals surface area contributed by atoms with Gasteiger partial charge < -0.3 is 69.3 Å². The van der Waals surface area contributed by atoms with Gasteiger partial charge in [-0.2, -0.15) is 25.5 Å². The van der Waals surface area contributed by atoms with Crippen LogP contribution in [-0.2, 0) is 76.4 Å². The molecule has 0 aliphatic carbocycles. The van der Waals surface area contributed by atoms with E-state index in [1.54, 1.807) is 72.6 Å². The molecular weight excluding hydrogens is 1860 g/mol. The van der Waals surface area contributed by atoms with E-state index in [0.717, 1.165) is 254 Å². The van der Waals surface area contributed by atoms with Gasteiger partial charge in [-0.25, -0.2) is 49.8 Å². The van der Waals surface area contributed by atoms with E-state index < -0.39 is 0 Å². The second kappa shape index (κ2) is 42.9. The van der Waals surface area contributed by atoms with Gasteiger partial charge in [0.05, 0.1) is 122 Å². The number of H-pyrrole nitrogens is 11. The van der Waals surface area contributed by atoms with Crippen molar-refractivity contribution in [1.82, 2.24) is 161 Å². The van der Waals surface area contributed by atoms with E-state index in [1.165, 1.54) is 6.20 Å². The maximum absolute atomic E-state index is 11.1. The van der Waals surface area contributed by atoms with Crippen molar-refractivity contribution < 1.29 is 33.6 Å². The highest BCUT2D eigenvalue weighted by Crippen LogP contribution is 2.38. The summed E-state index contributed by atoms with van der Waals surface area (Å²) in [6, 6.07) is 50.6. The van der Waals surface area contributed by atoms with Crippen LogP contribution in [0.15, 0.2) is 245 Å². The Morgan fingerprint density at radius 2 is 0.619 bits per heavy atom. The average Bonchev–Trinajstić information content (AvgIpc) is 1.63. The molecule has 0 atom stereocenters. The molecule has 0 saturated carbocycles. The molecule has 0 fully saturated rings. The third-order valence-electron chi connectivity index (χ3n) is 24.7. The number of aliphatic hydroxyl groups is 1. The number of hydrogen-bond acceptors (Lipinski definition) is 28. The van der Waals surface area contributed by atoms with Crippen molar-refractivity contribution in [2.24, 2.45) is 0 Å².